The van der Waals surface area contributed by atoms with Crippen molar-refractivity contribution in [3.63, 3.8) is 0 Å². The third-order valence-electron chi connectivity index (χ3n) is 3.00. The van der Waals surface area contributed by atoms with Gasteiger partial charge in [0.1, 0.15) is 11.4 Å². The first-order valence-electron chi connectivity index (χ1n) is 5.56. The molecule has 86 valence electrons. The van der Waals surface area contributed by atoms with Gasteiger partial charge in [0.15, 0.2) is 0 Å². The smallest absolute Gasteiger partial charge is 0.267 e. The minimum absolute atomic E-state index is 0.316. The number of nitrogens with two attached hydrogens (primary N) is 1. The lowest BCUT2D eigenvalue weighted by Crippen LogP contribution is -2.19. The summed E-state index contributed by atoms with van der Waals surface area (Å²) in [5, 5.41) is 0. The second-order valence-corrected chi connectivity index (χ2v) is 4.31. The first-order valence-corrected chi connectivity index (χ1v) is 5.56. The lowest BCUT2D eigenvalue weighted by molar-refractivity contribution is 0.0994. The van der Waals surface area contributed by atoms with E-state index >= 15 is 0 Å². The molecule has 0 unspecified atom stereocenters. The van der Waals surface area contributed by atoms with Crippen molar-refractivity contribution in [1.82, 2.24) is 4.98 Å². The number of ether oxygens (including phenoxy) is 1. The van der Waals surface area contributed by atoms with Crippen molar-refractivity contribution in [2.24, 2.45) is 11.7 Å². The second-order valence-electron chi connectivity index (χ2n) is 4.31. The zero-order valence-corrected chi connectivity index (χ0v) is 9.40. The molecular weight excluding hydrogens is 204 g/mol. The van der Waals surface area contributed by atoms with Gasteiger partial charge in [-0.1, -0.05) is 6.42 Å². The lowest BCUT2D eigenvalue weighted by Gasteiger charge is -2.25. The molecule has 1 fully saturated rings. The molecule has 0 atom stereocenters. The Balaban J connectivity index is 1.99. The van der Waals surface area contributed by atoms with Crippen molar-refractivity contribution in [3.05, 3.63) is 23.5 Å². The molecule has 0 bridgehead atoms. The maximum atomic E-state index is 11.0. The van der Waals surface area contributed by atoms with E-state index in [-0.39, 0.29) is 0 Å². The van der Waals surface area contributed by atoms with Gasteiger partial charge >= 0.3 is 0 Å². The Morgan fingerprint density at radius 2 is 2.38 bits per heavy atom. The van der Waals surface area contributed by atoms with Crippen LogP contribution in [-0.2, 0) is 0 Å². The average Bonchev–Trinajstić information content (AvgIpc) is 2.14. The Kier molecular flexibility index (Phi) is 3.08. The predicted molar refractivity (Wildman–Crippen MR) is 60.3 cm³/mol. The Morgan fingerprint density at radius 1 is 1.62 bits per heavy atom. The van der Waals surface area contributed by atoms with Gasteiger partial charge in [-0.2, -0.15) is 0 Å². The molecular formula is C12H16N2O2. The molecule has 2 rings (SSSR count). The zero-order valence-electron chi connectivity index (χ0n) is 9.40. The number of hydrogen-bond acceptors (Lipinski definition) is 3. The highest BCUT2D eigenvalue weighted by molar-refractivity contribution is 5.92. The minimum Gasteiger partial charge on any atom is -0.492 e. The molecule has 1 amide bonds. The Hall–Kier alpha value is -1.58. The molecule has 0 aromatic carbocycles. The monoisotopic (exact) mass is 220 g/mol. The van der Waals surface area contributed by atoms with Crippen LogP contribution in [0, 0.1) is 12.8 Å². The number of carbonyl (C=O) groups is 1. The summed E-state index contributed by atoms with van der Waals surface area (Å²) in [6, 6.07) is 1.81. The fourth-order valence-corrected chi connectivity index (χ4v) is 1.76. The van der Waals surface area contributed by atoms with E-state index in [1.807, 2.05) is 13.0 Å². The van der Waals surface area contributed by atoms with Crippen molar-refractivity contribution < 1.29 is 9.53 Å². The third-order valence-corrected chi connectivity index (χ3v) is 3.00. The molecule has 1 aliphatic carbocycles. The highest BCUT2D eigenvalue weighted by Gasteiger charge is 2.18. The normalized spacial score (nSPS) is 15.6. The molecule has 1 aliphatic rings. The fraction of sp³-hybridized carbons (Fsp3) is 0.500. The number of aromatic nitrogens is 1. The molecule has 1 saturated carbocycles. The third kappa shape index (κ3) is 2.32. The van der Waals surface area contributed by atoms with Gasteiger partial charge in [0.2, 0.25) is 0 Å². The van der Waals surface area contributed by atoms with E-state index in [1.54, 1.807) is 6.20 Å². The highest BCUT2D eigenvalue weighted by Crippen LogP contribution is 2.27. The Bertz CT molecular complexity index is 400. The summed E-state index contributed by atoms with van der Waals surface area (Å²) in [5.74, 6) is 0.911. The molecule has 4 heteroatoms. The average molecular weight is 220 g/mol. The molecule has 4 nitrogen and oxygen atoms in total. The highest BCUT2D eigenvalue weighted by atomic mass is 16.5. The number of pyridine rings is 1. The Morgan fingerprint density at radius 3 is 2.88 bits per heavy atom. The van der Waals surface area contributed by atoms with Crippen LogP contribution < -0.4 is 10.5 Å². The van der Waals surface area contributed by atoms with E-state index < -0.39 is 5.91 Å². The molecule has 1 heterocycles. The first-order chi connectivity index (χ1) is 7.66. The van der Waals surface area contributed by atoms with E-state index in [9.17, 15) is 4.79 Å². The van der Waals surface area contributed by atoms with Gasteiger partial charge in [0.25, 0.3) is 5.91 Å². The summed E-state index contributed by atoms with van der Waals surface area (Å²) >= 11 is 0. The van der Waals surface area contributed by atoms with Crippen LogP contribution in [-0.4, -0.2) is 17.5 Å². The topological polar surface area (TPSA) is 65.2 Å². The van der Waals surface area contributed by atoms with E-state index in [1.165, 1.54) is 19.3 Å². The van der Waals surface area contributed by atoms with Crippen LogP contribution in [0.25, 0.3) is 0 Å². The summed E-state index contributed by atoms with van der Waals surface area (Å²) in [6.45, 7) is 2.56. The molecule has 0 spiro atoms. The zero-order chi connectivity index (χ0) is 11.5. The van der Waals surface area contributed by atoms with Gasteiger partial charge in [0, 0.05) is 0 Å². The van der Waals surface area contributed by atoms with Gasteiger partial charge < -0.3 is 10.5 Å². The maximum Gasteiger partial charge on any atom is 0.267 e. The molecule has 1 aromatic heterocycles. The van der Waals surface area contributed by atoms with Gasteiger partial charge in [-0.3, -0.25) is 4.79 Å². The van der Waals surface area contributed by atoms with E-state index in [0.29, 0.717) is 11.6 Å². The lowest BCUT2D eigenvalue weighted by atomic mass is 9.86. The molecule has 0 radical (unpaired) electrons. The van der Waals surface area contributed by atoms with E-state index in [0.717, 1.165) is 17.9 Å². The molecule has 0 saturated heterocycles. The summed E-state index contributed by atoms with van der Waals surface area (Å²) in [7, 11) is 0. The number of rotatable bonds is 4. The van der Waals surface area contributed by atoms with Gasteiger partial charge in [0.05, 0.1) is 12.8 Å². The number of nitrogens with zero attached hydrogens (tertiary/aromatic N) is 1. The molecule has 1 aromatic rings. The van der Waals surface area contributed by atoms with Crippen LogP contribution in [0.5, 0.6) is 5.75 Å². The van der Waals surface area contributed by atoms with Crippen LogP contribution >= 0.6 is 0 Å². The van der Waals surface area contributed by atoms with Crippen molar-refractivity contribution >= 4 is 5.91 Å². The van der Waals surface area contributed by atoms with Crippen molar-refractivity contribution in [3.8, 4) is 5.75 Å². The summed E-state index contributed by atoms with van der Waals surface area (Å²) < 4.78 is 5.61. The predicted octanol–water partition coefficient (Wildman–Crippen LogP) is 1.67. The van der Waals surface area contributed by atoms with Gasteiger partial charge in [-0.25, -0.2) is 4.98 Å². The number of amides is 1. The van der Waals surface area contributed by atoms with Gasteiger partial charge in [-0.15, -0.1) is 0 Å². The SMILES string of the molecule is Cc1cc(OCC2CCC2)cnc1C(N)=O. The van der Waals surface area contributed by atoms with Crippen LogP contribution in [0.2, 0.25) is 0 Å². The van der Waals surface area contributed by atoms with Crippen LogP contribution in [0.15, 0.2) is 12.3 Å². The number of primary amides is 1. The van der Waals surface area contributed by atoms with Crippen molar-refractivity contribution in [2.45, 2.75) is 26.2 Å². The first kappa shape index (κ1) is 10.9. The summed E-state index contributed by atoms with van der Waals surface area (Å²) in [6.07, 6.45) is 5.38. The summed E-state index contributed by atoms with van der Waals surface area (Å²) in [5.41, 5.74) is 6.25. The van der Waals surface area contributed by atoms with Crippen LogP contribution in [0.1, 0.15) is 35.3 Å². The molecule has 0 aliphatic heterocycles. The largest absolute Gasteiger partial charge is 0.492 e. The second kappa shape index (κ2) is 4.51. The van der Waals surface area contributed by atoms with E-state index in [2.05, 4.69) is 4.98 Å². The standard InChI is InChI=1S/C12H16N2O2/c1-8-5-10(6-14-11(8)12(13)15)16-7-9-3-2-4-9/h5-6,9H,2-4,7H2,1H3,(H2,13,15). The van der Waals surface area contributed by atoms with Crippen LogP contribution in [0.4, 0.5) is 0 Å². The number of carbonyl (C=O) groups excluding carboxylic acids is 1. The Labute approximate surface area is 94.8 Å². The van der Waals surface area contributed by atoms with Gasteiger partial charge in [-0.05, 0) is 37.3 Å². The van der Waals surface area contributed by atoms with Crippen molar-refractivity contribution in [2.75, 3.05) is 6.61 Å². The van der Waals surface area contributed by atoms with Crippen LogP contribution in [0.3, 0.4) is 0 Å². The quantitative estimate of drug-likeness (QED) is 0.839. The molecule has 16 heavy (non-hydrogen) atoms. The number of aryl methyl sites for hydroxylation is 1. The van der Waals surface area contributed by atoms with E-state index in [4.69, 9.17) is 10.5 Å². The fourth-order valence-electron chi connectivity index (χ4n) is 1.76. The number of hydrogen-bond donors (Lipinski definition) is 1. The molecule has 2 N–H and O–H groups in total. The minimum atomic E-state index is -0.497. The maximum absolute atomic E-state index is 11.0. The summed E-state index contributed by atoms with van der Waals surface area (Å²) in [4.78, 5) is 15.0. The van der Waals surface area contributed by atoms with Crippen molar-refractivity contribution in [1.29, 1.82) is 0 Å².